The molecule has 0 bridgehead atoms. The van der Waals surface area contributed by atoms with Crippen LogP contribution in [0.3, 0.4) is 0 Å². The first-order valence-electron chi connectivity index (χ1n) is 11.4. The predicted molar refractivity (Wildman–Crippen MR) is 130 cm³/mol. The first-order chi connectivity index (χ1) is 16.1. The van der Waals surface area contributed by atoms with Crippen LogP contribution in [0.5, 0.6) is 5.75 Å². The van der Waals surface area contributed by atoms with Gasteiger partial charge in [-0.25, -0.2) is 4.79 Å². The van der Waals surface area contributed by atoms with Crippen LogP contribution < -0.4 is 21.3 Å². The zero-order chi connectivity index (χ0) is 25.3. The van der Waals surface area contributed by atoms with Gasteiger partial charge in [0, 0.05) is 12.2 Å². The van der Waals surface area contributed by atoms with Crippen molar-refractivity contribution < 1.29 is 29.4 Å². The van der Waals surface area contributed by atoms with Crippen LogP contribution in [0.25, 0.3) is 0 Å². The van der Waals surface area contributed by atoms with E-state index < -0.39 is 42.0 Å². The molecule has 3 amide bonds. The molecule has 1 fully saturated rings. The van der Waals surface area contributed by atoms with Gasteiger partial charge in [-0.2, -0.15) is 12.6 Å². The van der Waals surface area contributed by atoms with Crippen molar-refractivity contribution in [3.05, 3.63) is 29.8 Å². The number of thiol groups is 1. The second-order valence-corrected chi connectivity index (χ2v) is 9.22. The van der Waals surface area contributed by atoms with Crippen LogP contribution in [0.15, 0.2) is 24.3 Å². The Hall–Kier alpha value is -2.79. The van der Waals surface area contributed by atoms with Crippen molar-refractivity contribution in [2.45, 2.75) is 63.7 Å². The van der Waals surface area contributed by atoms with Crippen molar-refractivity contribution in [3.8, 4) is 5.75 Å². The zero-order valence-electron chi connectivity index (χ0n) is 19.4. The SMILES string of the molecule is CC(C)CC(NC(=O)C(CS)NC(=O)C(Cc1ccc(O)cc1)NC(=O)C1CCCN1)C(=O)O. The van der Waals surface area contributed by atoms with Crippen molar-refractivity contribution in [2.24, 2.45) is 5.92 Å². The Morgan fingerprint density at radius 3 is 2.18 bits per heavy atom. The minimum atomic E-state index is -1.16. The number of hydrogen-bond acceptors (Lipinski definition) is 7. The van der Waals surface area contributed by atoms with Crippen LogP contribution in [0.4, 0.5) is 0 Å². The average molecular weight is 495 g/mol. The minimum Gasteiger partial charge on any atom is -0.508 e. The molecule has 4 unspecified atom stereocenters. The van der Waals surface area contributed by atoms with Gasteiger partial charge < -0.3 is 31.5 Å². The summed E-state index contributed by atoms with van der Waals surface area (Å²) in [5, 5.41) is 29.8. The first kappa shape index (κ1) is 27.5. The van der Waals surface area contributed by atoms with Gasteiger partial charge in [0.05, 0.1) is 6.04 Å². The fourth-order valence-electron chi connectivity index (χ4n) is 3.69. The Morgan fingerprint density at radius 2 is 1.65 bits per heavy atom. The summed E-state index contributed by atoms with van der Waals surface area (Å²) in [7, 11) is 0. The van der Waals surface area contributed by atoms with Crippen molar-refractivity contribution in [1.82, 2.24) is 21.3 Å². The summed E-state index contributed by atoms with van der Waals surface area (Å²) >= 11 is 4.15. The van der Waals surface area contributed by atoms with Crippen molar-refractivity contribution in [2.75, 3.05) is 12.3 Å². The number of carbonyl (C=O) groups is 4. The second-order valence-electron chi connectivity index (χ2n) is 8.85. The molecule has 1 heterocycles. The third-order valence-corrected chi connectivity index (χ3v) is 5.89. The smallest absolute Gasteiger partial charge is 0.326 e. The lowest BCUT2D eigenvalue weighted by Crippen LogP contribution is -2.58. The summed E-state index contributed by atoms with van der Waals surface area (Å²) in [6.45, 7) is 4.40. The topological polar surface area (TPSA) is 157 Å². The van der Waals surface area contributed by atoms with Gasteiger partial charge in [-0.05, 0) is 49.4 Å². The summed E-state index contributed by atoms with van der Waals surface area (Å²) in [5.41, 5.74) is 0.701. The number of aromatic hydroxyl groups is 1. The number of benzene rings is 1. The molecule has 0 spiro atoms. The number of nitrogens with one attached hydrogen (secondary N) is 4. The predicted octanol–water partition coefficient (Wildman–Crippen LogP) is 0.202. The lowest BCUT2D eigenvalue weighted by atomic mass is 10.0. The molecule has 11 heteroatoms. The third-order valence-electron chi connectivity index (χ3n) is 5.52. The Bertz CT molecular complexity index is 858. The number of phenolic OH excluding ortho intramolecular Hbond substituents is 1. The van der Waals surface area contributed by atoms with Gasteiger partial charge in [-0.3, -0.25) is 14.4 Å². The van der Waals surface area contributed by atoms with Gasteiger partial charge in [0.2, 0.25) is 17.7 Å². The van der Waals surface area contributed by atoms with E-state index in [1.165, 1.54) is 12.1 Å². The average Bonchev–Trinajstić information content (AvgIpc) is 3.32. The van der Waals surface area contributed by atoms with E-state index in [4.69, 9.17) is 0 Å². The Labute approximate surface area is 204 Å². The van der Waals surface area contributed by atoms with E-state index in [0.717, 1.165) is 13.0 Å². The summed E-state index contributed by atoms with van der Waals surface area (Å²) in [5.74, 6) is -2.67. The molecule has 1 aromatic rings. The molecule has 34 heavy (non-hydrogen) atoms. The van der Waals surface area contributed by atoms with Gasteiger partial charge >= 0.3 is 5.97 Å². The quantitative estimate of drug-likeness (QED) is 0.205. The second kappa shape index (κ2) is 13.2. The maximum Gasteiger partial charge on any atom is 0.326 e. The van der Waals surface area contributed by atoms with Crippen LogP contribution in [0, 0.1) is 5.92 Å². The first-order valence-corrected chi connectivity index (χ1v) is 12.0. The van der Waals surface area contributed by atoms with Gasteiger partial charge in [0.15, 0.2) is 0 Å². The zero-order valence-corrected chi connectivity index (χ0v) is 20.3. The molecule has 1 aliphatic rings. The fraction of sp³-hybridized carbons (Fsp3) is 0.565. The molecule has 1 aliphatic heterocycles. The van der Waals surface area contributed by atoms with E-state index in [1.54, 1.807) is 12.1 Å². The van der Waals surface area contributed by atoms with Crippen LogP contribution in [0.2, 0.25) is 0 Å². The Balaban J connectivity index is 2.12. The highest BCUT2D eigenvalue weighted by molar-refractivity contribution is 7.80. The molecule has 6 N–H and O–H groups in total. The molecule has 2 rings (SSSR count). The molecular weight excluding hydrogens is 460 g/mol. The van der Waals surface area contributed by atoms with Gasteiger partial charge in [-0.1, -0.05) is 26.0 Å². The van der Waals surface area contributed by atoms with Crippen LogP contribution in [0.1, 0.15) is 38.7 Å². The largest absolute Gasteiger partial charge is 0.508 e. The monoisotopic (exact) mass is 494 g/mol. The molecule has 0 saturated carbocycles. The molecule has 0 aliphatic carbocycles. The number of aliphatic carboxylic acids is 1. The normalized spacial score (nSPS) is 18.1. The maximum atomic E-state index is 13.1. The fourth-order valence-corrected chi connectivity index (χ4v) is 3.95. The Kier molecular flexibility index (Phi) is 10.6. The molecule has 0 radical (unpaired) electrons. The summed E-state index contributed by atoms with van der Waals surface area (Å²) < 4.78 is 0. The van der Waals surface area contributed by atoms with Crippen molar-refractivity contribution in [3.63, 3.8) is 0 Å². The summed E-state index contributed by atoms with van der Waals surface area (Å²) in [6.07, 6.45) is 1.89. The molecule has 4 atom stereocenters. The van der Waals surface area contributed by atoms with Gasteiger partial charge in [-0.15, -0.1) is 0 Å². The van der Waals surface area contributed by atoms with E-state index in [9.17, 15) is 29.4 Å². The van der Waals surface area contributed by atoms with Crippen LogP contribution in [-0.2, 0) is 25.6 Å². The number of carboxylic acid groups (broad SMARTS) is 1. The highest BCUT2D eigenvalue weighted by Gasteiger charge is 2.31. The van der Waals surface area contributed by atoms with Crippen LogP contribution >= 0.6 is 12.6 Å². The minimum absolute atomic E-state index is 0.0412. The number of hydrogen-bond donors (Lipinski definition) is 7. The molecule has 1 saturated heterocycles. The maximum absolute atomic E-state index is 13.1. The molecule has 188 valence electrons. The van der Waals surface area contributed by atoms with E-state index in [1.807, 2.05) is 13.8 Å². The number of carboxylic acids is 1. The lowest BCUT2D eigenvalue weighted by Gasteiger charge is -2.25. The Morgan fingerprint density at radius 1 is 1.03 bits per heavy atom. The number of amides is 3. The van der Waals surface area contributed by atoms with Crippen LogP contribution in [-0.4, -0.2) is 70.4 Å². The summed E-state index contributed by atoms with van der Waals surface area (Å²) in [4.78, 5) is 50.0. The van der Waals surface area contributed by atoms with Crippen molar-refractivity contribution >= 4 is 36.3 Å². The van der Waals surface area contributed by atoms with Crippen molar-refractivity contribution in [1.29, 1.82) is 0 Å². The molecular formula is C23H34N4O6S. The standard InChI is InChI=1S/C23H34N4O6S/c1-13(2)10-18(23(32)33)26-22(31)19(12-34)27-21(30)17(11-14-5-7-15(28)8-6-14)25-20(29)16-4-3-9-24-16/h5-8,13,16-19,24,28,34H,3-4,9-12H2,1-2H3,(H,25,29)(H,26,31)(H,27,30)(H,32,33). The van der Waals surface area contributed by atoms with Gasteiger partial charge in [0.1, 0.15) is 23.9 Å². The van der Waals surface area contributed by atoms with Gasteiger partial charge in [0.25, 0.3) is 0 Å². The third kappa shape index (κ3) is 8.53. The lowest BCUT2D eigenvalue weighted by molar-refractivity contribution is -0.142. The highest BCUT2D eigenvalue weighted by Crippen LogP contribution is 2.13. The van der Waals surface area contributed by atoms with E-state index >= 15 is 0 Å². The van der Waals surface area contributed by atoms with E-state index in [2.05, 4.69) is 33.9 Å². The highest BCUT2D eigenvalue weighted by atomic mass is 32.1. The number of phenols is 1. The summed E-state index contributed by atoms with van der Waals surface area (Å²) in [6, 6.07) is 2.68. The molecule has 10 nitrogen and oxygen atoms in total. The van der Waals surface area contributed by atoms with E-state index in [0.29, 0.717) is 12.0 Å². The molecule has 0 aromatic heterocycles. The number of rotatable bonds is 12. The van der Waals surface area contributed by atoms with E-state index in [-0.39, 0.29) is 36.2 Å². The molecule has 1 aromatic carbocycles. The number of carbonyl (C=O) groups excluding carboxylic acids is 3.